The van der Waals surface area contributed by atoms with Crippen molar-refractivity contribution in [1.29, 1.82) is 0 Å². The lowest BCUT2D eigenvalue weighted by Gasteiger charge is -2.22. The lowest BCUT2D eigenvalue weighted by Crippen LogP contribution is -2.27. The second kappa shape index (κ2) is 5.50. The minimum absolute atomic E-state index is 0.0412. The molecule has 0 aromatic carbocycles. The molecule has 0 unspecified atom stereocenters. The highest BCUT2D eigenvalue weighted by Gasteiger charge is 2.12. The largest absolute Gasteiger partial charge is 0.365 e. The van der Waals surface area contributed by atoms with Gasteiger partial charge in [0.2, 0.25) is 0 Å². The lowest BCUT2D eigenvalue weighted by molar-refractivity contribution is 0.628. The van der Waals surface area contributed by atoms with Crippen LogP contribution in [0.1, 0.15) is 51.8 Å². The number of aromatic nitrogens is 1. The van der Waals surface area contributed by atoms with E-state index < -0.39 is 0 Å². The van der Waals surface area contributed by atoms with E-state index in [0.29, 0.717) is 5.92 Å². The molecule has 3 nitrogen and oxygen atoms in total. The van der Waals surface area contributed by atoms with Crippen molar-refractivity contribution in [1.82, 2.24) is 10.3 Å². The Labute approximate surface area is 105 Å². The van der Waals surface area contributed by atoms with Gasteiger partial charge in [0.05, 0.1) is 0 Å². The predicted molar refractivity (Wildman–Crippen MR) is 74.5 cm³/mol. The van der Waals surface area contributed by atoms with E-state index in [1.165, 1.54) is 5.56 Å². The fourth-order valence-corrected chi connectivity index (χ4v) is 1.66. The zero-order chi connectivity index (χ0) is 13.1. The molecule has 0 saturated carbocycles. The summed E-state index contributed by atoms with van der Waals surface area (Å²) in [5.74, 6) is 1.42. The van der Waals surface area contributed by atoms with Crippen molar-refractivity contribution >= 4 is 5.82 Å². The highest BCUT2D eigenvalue weighted by molar-refractivity contribution is 5.42. The Bertz CT molecular complexity index is 364. The summed E-state index contributed by atoms with van der Waals surface area (Å²) < 4.78 is 0. The topological polar surface area (TPSA) is 37.0 Å². The van der Waals surface area contributed by atoms with Gasteiger partial charge < -0.3 is 10.6 Å². The molecule has 0 spiro atoms. The lowest BCUT2D eigenvalue weighted by atomic mass is 10.1. The number of nitrogens with zero attached hydrogens (tertiary/aromatic N) is 1. The number of anilines is 1. The first-order chi connectivity index (χ1) is 7.81. The molecule has 1 aromatic heterocycles. The zero-order valence-corrected chi connectivity index (χ0v) is 11.9. The van der Waals surface area contributed by atoms with Crippen LogP contribution in [-0.4, -0.2) is 17.6 Å². The molecule has 0 aliphatic heterocycles. The molecule has 17 heavy (non-hydrogen) atoms. The first-order valence-electron chi connectivity index (χ1n) is 6.25. The molecule has 2 N–H and O–H groups in total. The quantitative estimate of drug-likeness (QED) is 0.842. The smallest absolute Gasteiger partial charge is 0.126 e. The van der Waals surface area contributed by atoms with Crippen molar-refractivity contribution in [3.63, 3.8) is 0 Å². The van der Waals surface area contributed by atoms with Gasteiger partial charge in [-0.1, -0.05) is 13.8 Å². The van der Waals surface area contributed by atoms with Crippen LogP contribution in [0, 0.1) is 0 Å². The second-order valence-electron chi connectivity index (χ2n) is 5.85. The molecule has 96 valence electrons. The Morgan fingerprint density at radius 3 is 2.35 bits per heavy atom. The third kappa shape index (κ3) is 4.73. The molecule has 1 heterocycles. The average Bonchev–Trinajstić information content (AvgIpc) is 2.14. The van der Waals surface area contributed by atoms with Gasteiger partial charge in [-0.05, 0) is 51.4 Å². The van der Waals surface area contributed by atoms with Crippen LogP contribution in [0.15, 0.2) is 12.1 Å². The van der Waals surface area contributed by atoms with E-state index in [9.17, 15) is 0 Å². The summed E-state index contributed by atoms with van der Waals surface area (Å²) >= 11 is 0. The van der Waals surface area contributed by atoms with Gasteiger partial charge in [0.1, 0.15) is 5.82 Å². The number of hydrogen-bond donors (Lipinski definition) is 2. The van der Waals surface area contributed by atoms with E-state index in [4.69, 9.17) is 0 Å². The molecule has 0 radical (unpaired) electrons. The highest BCUT2D eigenvalue weighted by atomic mass is 15.0. The van der Waals surface area contributed by atoms with Crippen LogP contribution in [0.2, 0.25) is 0 Å². The molecule has 0 fully saturated rings. The molecule has 0 aliphatic rings. The van der Waals surface area contributed by atoms with E-state index in [1.807, 2.05) is 7.05 Å². The molecule has 1 rings (SSSR count). The summed E-state index contributed by atoms with van der Waals surface area (Å²) in [5, 5.41) is 6.62. The Morgan fingerprint density at radius 1 is 1.24 bits per heavy atom. The molecular weight excluding hydrogens is 210 g/mol. The van der Waals surface area contributed by atoms with Crippen molar-refractivity contribution in [3.8, 4) is 0 Å². The van der Waals surface area contributed by atoms with Crippen LogP contribution in [0.25, 0.3) is 0 Å². The summed E-state index contributed by atoms with van der Waals surface area (Å²) in [7, 11) is 1.96. The van der Waals surface area contributed by atoms with Gasteiger partial charge in [0.25, 0.3) is 0 Å². The Balaban J connectivity index is 3.03. The van der Waals surface area contributed by atoms with Crippen molar-refractivity contribution in [2.75, 3.05) is 12.4 Å². The fraction of sp³-hybridized carbons (Fsp3) is 0.643. The molecule has 0 atom stereocenters. The average molecular weight is 235 g/mol. The van der Waals surface area contributed by atoms with E-state index in [-0.39, 0.29) is 5.54 Å². The second-order valence-corrected chi connectivity index (χ2v) is 5.85. The van der Waals surface area contributed by atoms with Gasteiger partial charge in [-0.2, -0.15) is 0 Å². The van der Waals surface area contributed by atoms with Crippen molar-refractivity contribution in [2.45, 2.75) is 52.6 Å². The molecule has 3 heteroatoms. The molecule has 0 aliphatic carbocycles. The predicted octanol–water partition coefficient (Wildman–Crippen LogP) is 3.13. The molecule has 0 bridgehead atoms. The van der Waals surface area contributed by atoms with Crippen molar-refractivity contribution in [3.05, 3.63) is 23.4 Å². The molecular formula is C14H25N3. The van der Waals surface area contributed by atoms with E-state index in [0.717, 1.165) is 18.1 Å². The zero-order valence-electron chi connectivity index (χ0n) is 11.9. The van der Waals surface area contributed by atoms with Crippen LogP contribution < -0.4 is 10.6 Å². The summed E-state index contributed by atoms with van der Waals surface area (Å²) in [4.78, 5) is 4.66. The van der Waals surface area contributed by atoms with Crippen LogP contribution in [0.5, 0.6) is 0 Å². The molecule has 1 aromatic rings. The van der Waals surface area contributed by atoms with Gasteiger partial charge >= 0.3 is 0 Å². The third-order valence-electron chi connectivity index (χ3n) is 2.38. The Hall–Kier alpha value is -1.09. The molecule has 0 amide bonds. The first-order valence-corrected chi connectivity index (χ1v) is 6.25. The van der Waals surface area contributed by atoms with Gasteiger partial charge in [0.15, 0.2) is 0 Å². The Morgan fingerprint density at radius 2 is 1.88 bits per heavy atom. The monoisotopic (exact) mass is 235 g/mol. The summed E-state index contributed by atoms with van der Waals surface area (Å²) in [6.07, 6.45) is 0. The maximum Gasteiger partial charge on any atom is 0.126 e. The number of rotatable bonds is 4. The van der Waals surface area contributed by atoms with Crippen LogP contribution in [0.3, 0.4) is 0 Å². The minimum atomic E-state index is 0.0412. The minimum Gasteiger partial charge on any atom is -0.365 e. The third-order valence-corrected chi connectivity index (χ3v) is 2.38. The maximum absolute atomic E-state index is 4.66. The number of hydrogen-bond acceptors (Lipinski definition) is 3. The fourth-order valence-electron chi connectivity index (χ4n) is 1.66. The first kappa shape index (κ1) is 14.0. The number of nitrogens with one attached hydrogen (secondary N) is 2. The van der Waals surface area contributed by atoms with E-state index in [1.54, 1.807) is 0 Å². The maximum atomic E-state index is 4.66. The normalized spacial score (nSPS) is 11.9. The van der Waals surface area contributed by atoms with Gasteiger partial charge in [0, 0.05) is 17.8 Å². The summed E-state index contributed by atoms with van der Waals surface area (Å²) in [6.45, 7) is 11.7. The number of pyridine rings is 1. The van der Waals surface area contributed by atoms with Crippen LogP contribution in [0.4, 0.5) is 5.82 Å². The van der Waals surface area contributed by atoms with Gasteiger partial charge in [-0.15, -0.1) is 0 Å². The van der Waals surface area contributed by atoms with Crippen molar-refractivity contribution in [2.24, 2.45) is 0 Å². The SMILES string of the molecule is CNCc1cc(NC(C)(C)C)nc(C(C)C)c1. The van der Waals surface area contributed by atoms with Crippen LogP contribution >= 0.6 is 0 Å². The summed E-state index contributed by atoms with van der Waals surface area (Å²) in [6, 6.07) is 4.29. The van der Waals surface area contributed by atoms with Gasteiger partial charge in [-0.3, -0.25) is 0 Å². The Kier molecular flexibility index (Phi) is 4.52. The summed E-state index contributed by atoms with van der Waals surface area (Å²) in [5.41, 5.74) is 2.46. The molecule has 0 saturated heterocycles. The van der Waals surface area contributed by atoms with Crippen molar-refractivity contribution < 1.29 is 0 Å². The van der Waals surface area contributed by atoms with E-state index in [2.05, 4.69) is 62.4 Å². The van der Waals surface area contributed by atoms with Gasteiger partial charge in [-0.25, -0.2) is 4.98 Å². The van der Waals surface area contributed by atoms with E-state index >= 15 is 0 Å². The standard InChI is InChI=1S/C14H25N3/c1-10(2)12-7-11(9-15-6)8-13(16-12)17-14(3,4)5/h7-8,10,15H,9H2,1-6H3,(H,16,17). The highest BCUT2D eigenvalue weighted by Crippen LogP contribution is 2.20. The van der Waals surface area contributed by atoms with Crippen LogP contribution in [-0.2, 0) is 6.54 Å².